The van der Waals surface area contributed by atoms with Gasteiger partial charge in [-0.25, -0.2) is 0 Å². The third-order valence-corrected chi connectivity index (χ3v) is 6.17. The summed E-state index contributed by atoms with van der Waals surface area (Å²) in [6.07, 6.45) is 5.04. The first kappa shape index (κ1) is 37.9. The maximum atomic E-state index is 12.8. The molecule has 236 valence electrons. The summed E-state index contributed by atoms with van der Waals surface area (Å²) in [5.41, 5.74) is 5.46. The van der Waals surface area contributed by atoms with Crippen molar-refractivity contribution in [3.63, 3.8) is 0 Å². The molecule has 15 heteroatoms. The molecule has 0 heterocycles. The Hall–Kier alpha value is -3.14. The van der Waals surface area contributed by atoms with Gasteiger partial charge in [0.05, 0.1) is 32.7 Å². The van der Waals surface area contributed by atoms with Crippen LogP contribution in [0.5, 0.6) is 0 Å². The maximum Gasteiger partial charge on any atom is 0.323 e. The number of nitrogens with two attached hydrogens (primary N) is 1. The molecular weight excluding hydrogens is 542 g/mol. The Bertz CT molecular complexity index is 841. The van der Waals surface area contributed by atoms with E-state index in [0.29, 0.717) is 32.2 Å². The molecule has 0 aliphatic carbocycles. The van der Waals surface area contributed by atoms with Crippen molar-refractivity contribution >= 4 is 35.6 Å². The standard InChI is InChI=1S/C26H47N5O10/c1-2-3-4-5-8-21(32)15-29(18-24(36)37)13-11-28(17-23(34)35)12-14-30(19-25(38)39)16-22(33)31(20-26(40)41)10-7-6-9-27/h2-20,27H2,1H3,(H,34,35)(H,36,37)(H,38,39)(H,40,41). The first-order valence-electron chi connectivity index (χ1n) is 13.9. The van der Waals surface area contributed by atoms with Gasteiger partial charge in [-0.05, 0) is 25.8 Å². The van der Waals surface area contributed by atoms with Gasteiger partial charge >= 0.3 is 23.9 Å². The highest BCUT2D eigenvalue weighted by molar-refractivity contribution is 5.83. The van der Waals surface area contributed by atoms with Crippen LogP contribution in [0.15, 0.2) is 0 Å². The summed E-state index contributed by atoms with van der Waals surface area (Å²) in [6.45, 7) is 0.376. The van der Waals surface area contributed by atoms with Crippen LogP contribution in [0, 0.1) is 0 Å². The molecule has 0 aliphatic rings. The third-order valence-electron chi connectivity index (χ3n) is 6.17. The van der Waals surface area contributed by atoms with Crippen molar-refractivity contribution in [2.24, 2.45) is 5.73 Å². The second-order valence-corrected chi connectivity index (χ2v) is 9.93. The summed E-state index contributed by atoms with van der Waals surface area (Å²) >= 11 is 0. The van der Waals surface area contributed by atoms with Crippen molar-refractivity contribution in [1.29, 1.82) is 0 Å². The van der Waals surface area contributed by atoms with E-state index >= 15 is 0 Å². The fourth-order valence-electron chi connectivity index (χ4n) is 4.11. The zero-order valence-electron chi connectivity index (χ0n) is 24.0. The van der Waals surface area contributed by atoms with Gasteiger partial charge in [-0.15, -0.1) is 0 Å². The Morgan fingerprint density at radius 2 is 1.02 bits per heavy atom. The molecule has 0 aromatic rings. The van der Waals surface area contributed by atoms with E-state index < -0.39 is 56.0 Å². The van der Waals surface area contributed by atoms with Crippen LogP contribution >= 0.6 is 0 Å². The number of hydrogen-bond acceptors (Lipinski definition) is 10. The molecule has 0 radical (unpaired) electrons. The summed E-state index contributed by atoms with van der Waals surface area (Å²) in [5, 5.41) is 37.1. The molecule has 0 aliphatic heterocycles. The van der Waals surface area contributed by atoms with Crippen LogP contribution in [0.3, 0.4) is 0 Å². The van der Waals surface area contributed by atoms with E-state index in [1.807, 2.05) is 0 Å². The monoisotopic (exact) mass is 589 g/mol. The number of rotatable bonds is 27. The molecule has 0 rings (SSSR count). The molecular formula is C26H47N5O10. The Balaban J connectivity index is 5.31. The molecule has 0 saturated carbocycles. The van der Waals surface area contributed by atoms with Crippen molar-refractivity contribution < 1.29 is 49.2 Å². The van der Waals surface area contributed by atoms with Crippen molar-refractivity contribution in [2.75, 3.05) is 78.5 Å². The topological polar surface area (TPSA) is 222 Å². The number of carbonyl (C=O) groups is 6. The SMILES string of the molecule is CCCCCCC(=O)CN(CCN(CCN(CC(=O)O)CC(=O)N(CCCCN)CC(=O)O)CC(=O)O)CC(=O)O. The van der Waals surface area contributed by atoms with Crippen molar-refractivity contribution in [3.8, 4) is 0 Å². The summed E-state index contributed by atoms with van der Waals surface area (Å²) < 4.78 is 0. The first-order valence-corrected chi connectivity index (χ1v) is 13.9. The summed E-state index contributed by atoms with van der Waals surface area (Å²) in [4.78, 5) is 75.9. The molecule has 0 saturated heterocycles. The number of hydrogen-bond donors (Lipinski definition) is 5. The van der Waals surface area contributed by atoms with Crippen LogP contribution in [0.25, 0.3) is 0 Å². The van der Waals surface area contributed by atoms with Crippen LogP contribution in [-0.2, 0) is 28.8 Å². The normalized spacial score (nSPS) is 11.2. The van der Waals surface area contributed by atoms with E-state index in [1.54, 1.807) is 0 Å². The predicted molar refractivity (Wildman–Crippen MR) is 148 cm³/mol. The van der Waals surface area contributed by atoms with Gasteiger partial charge in [0.1, 0.15) is 12.3 Å². The van der Waals surface area contributed by atoms with Gasteiger partial charge in [-0.1, -0.05) is 26.2 Å². The Morgan fingerprint density at radius 1 is 0.537 bits per heavy atom. The molecule has 6 N–H and O–H groups in total. The van der Waals surface area contributed by atoms with E-state index in [9.17, 15) is 44.1 Å². The van der Waals surface area contributed by atoms with Gasteiger partial charge in [-0.3, -0.25) is 43.5 Å². The van der Waals surface area contributed by atoms with Gasteiger partial charge < -0.3 is 31.1 Å². The average Bonchev–Trinajstić information content (AvgIpc) is 2.86. The minimum atomic E-state index is -1.22. The minimum Gasteiger partial charge on any atom is -0.480 e. The molecule has 0 atom stereocenters. The molecule has 0 bridgehead atoms. The minimum absolute atomic E-state index is 0.0235. The number of Topliss-reactive ketones (excluding diaryl/α,β-unsaturated/α-hetero) is 1. The number of unbranched alkanes of at least 4 members (excludes halogenated alkanes) is 4. The quantitative estimate of drug-likeness (QED) is 0.0751. The predicted octanol–water partition coefficient (Wildman–Crippen LogP) is -0.662. The molecule has 0 unspecified atom stereocenters. The first-order chi connectivity index (χ1) is 19.4. The molecule has 15 nitrogen and oxygen atoms in total. The lowest BCUT2D eigenvalue weighted by Gasteiger charge is -2.29. The number of carboxylic acids is 4. The summed E-state index contributed by atoms with van der Waals surface area (Å²) in [7, 11) is 0. The van der Waals surface area contributed by atoms with Gasteiger partial charge in [0.25, 0.3) is 0 Å². The van der Waals surface area contributed by atoms with Crippen LogP contribution in [-0.4, -0.2) is 154 Å². The Morgan fingerprint density at radius 3 is 1.51 bits per heavy atom. The smallest absolute Gasteiger partial charge is 0.323 e. The highest BCUT2D eigenvalue weighted by Crippen LogP contribution is 2.05. The van der Waals surface area contributed by atoms with Gasteiger partial charge in [0.15, 0.2) is 0 Å². The highest BCUT2D eigenvalue weighted by atomic mass is 16.4. The third kappa shape index (κ3) is 21.3. The van der Waals surface area contributed by atoms with Crippen LogP contribution in [0.2, 0.25) is 0 Å². The number of ketones is 1. The second kappa shape index (κ2) is 22.5. The summed E-state index contributed by atoms with van der Waals surface area (Å²) in [5.74, 6) is -5.40. The molecule has 41 heavy (non-hydrogen) atoms. The Labute approximate surface area is 240 Å². The van der Waals surface area contributed by atoms with E-state index in [1.165, 1.54) is 14.7 Å². The van der Waals surface area contributed by atoms with E-state index in [2.05, 4.69) is 6.92 Å². The van der Waals surface area contributed by atoms with E-state index in [4.69, 9.17) is 10.8 Å². The average molecular weight is 590 g/mol. The molecule has 0 fully saturated rings. The lowest BCUT2D eigenvalue weighted by molar-refractivity contribution is -0.146. The number of amides is 1. The lowest BCUT2D eigenvalue weighted by atomic mass is 10.1. The number of nitrogens with zero attached hydrogens (tertiary/aromatic N) is 4. The van der Waals surface area contributed by atoms with Gasteiger partial charge in [0, 0.05) is 39.1 Å². The largest absolute Gasteiger partial charge is 0.480 e. The van der Waals surface area contributed by atoms with Crippen LogP contribution in [0.1, 0.15) is 51.9 Å². The fourth-order valence-corrected chi connectivity index (χ4v) is 4.11. The van der Waals surface area contributed by atoms with Gasteiger partial charge in [0.2, 0.25) is 5.91 Å². The zero-order chi connectivity index (χ0) is 31.2. The van der Waals surface area contributed by atoms with Gasteiger partial charge in [-0.2, -0.15) is 0 Å². The van der Waals surface area contributed by atoms with Crippen molar-refractivity contribution in [2.45, 2.75) is 51.9 Å². The van der Waals surface area contributed by atoms with Crippen LogP contribution < -0.4 is 5.73 Å². The zero-order valence-corrected chi connectivity index (χ0v) is 24.0. The second-order valence-electron chi connectivity index (χ2n) is 9.93. The highest BCUT2D eigenvalue weighted by Gasteiger charge is 2.23. The fraction of sp³-hybridized carbons (Fsp3) is 0.769. The van der Waals surface area contributed by atoms with Crippen LogP contribution in [0.4, 0.5) is 0 Å². The van der Waals surface area contributed by atoms with E-state index in [0.717, 1.165) is 24.2 Å². The number of carboxylic acid groups (broad SMARTS) is 4. The lowest BCUT2D eigenvalue weighted by Crippen LogP contribution is -2.48. The molecule has 0 aromatic heterocycles. The van der Waals surface area contributed by atoms with E-state index in [-0.39, 0.29) is 51.6 Å². The maximum absolute atomic E-state index is 12.8. The number of carbonyl (C=O) groups excluding carboxylic acids is 2. The number of aliphatic carboxylic acids is 4. The van der Waals surface area contributed by atoms with Crippen molar-refractivity contribution in [3.05, 3.63) is 0 Å². The summed E-state index contributed by atoms with van der Waals surface area (Å²) in [6, 6.07) is 0. The molecule has 0 aromatic carbocycles. The molecule has 1 amide bonds. The Kier molecular flexibility index (Phi) is 20.8. The van der Waals surface area contributed by atoms with Crippen molar-refractivity contribution in [1.82, 2.24) is 19.6 Å². The molecule has 0 spiro atoms.